The van der Waals surface area contributed by atoms with E-state index in [-0.39, 0.29) is 5.91 Å². The molecule has 2 aromatic heterocycles. The number of nitrogens with zero attached hydrogens (tertiary/aromatic N) is 3. The lowest BCUT2D eigenvalue weighted by atomic mass is 9.94. The van der Waals surface area contributed by atoms with Crippen LogP contribution in [0.3, 0.4) is 0 Å². The monoisotopic (exact) mass is 408 g/mol. The lowest BCUT2D eigenvalue weighted by molar-refractivity contribution is 0.0960. The number of hydrogen-bond donors (Lipinski definition) is 1. The van der Waals surface area contributed by atoms with Crippen molar-refractivity contribution in [1.29, 1.82) is 0 Å². The van der Waals surface area contributed by atoms with Crippen molar-refractivity contribution in [3.05, 3.63) is 82.5 Å². The van der Waals surface area contributed by atoms with Gasteiger partial charge < -0.3 is 10.1 Å². The summed E-state index contributed by atoms with van der Waals surface area (Å²) in [7, 11) is 1.53. The molecule has 0 spiro atoms. The highest BCUT2D eigenvalue weighted by atomic mass is 35.5. The van der Waals surface area contributed by atoms with Crippen molar-refractivity contribution in [3.63, 3.8) is 0 Å². The van der Waals surface area contributed by atoms with Crippen molar-refractivity contribution in [2.24, 2.45) is 0 Å². The molecule has 6 nitrogen and oxygen atoms in total. The normalized spacial score (nSPS) is 15.4. The van der Waals surface area contributed by atoms with Gasteiger partial charge in [-0.3, -0.25) is 4.79 Å². The number of hydrogen-bond acceptors (Lipinski definition) is 4. The molecule has 0 saturated carbocycles. The number of fused-ring (bicyclic) bond motifs is 2. The Morgan fingerprint density at radius 2 is 2.03 bits per heavy atom. The zero-order chi connectivity index (χ0) is 20.1. The Morgan fingerprint density at radius 1 is 1.17 bits per heavy atom. The molecule has 8 heteroatoms. The van der Waals surface area contributed by atoms with Gasteiger partial charge in [0.1, 0.15) is 17.9 Å². The second-order valence-corrected chi connectivity index (χ2v) is 7.10. The van der Waals surface area contributed by atoms with Crippen LogP contribution < -0.4 is 10.1 Å². The van der Waals surface area contributed by atoms with E-state index in [2.05, 4.69) is 15.4 Å². The molecule has 0 fully saturated rings. The summed E-state index contributed by atoms with van der Waals surface area (Å²) in [6.07, 6.45) is 3.31. The Morgan fingerprint density at radius 3 is 2.86 bits per heavy atom. The molecule has 1 aliphatic heterocycles. The first kappa shape index (κ1) is 17.6. The number of ether oxygens (including phenoxy) is 1. The van der Waals surface area contributed by atoms with Gasteiger partial charge >= 0.3 is 0 Å². The van der Waals surface area contributed by atoms with Gasteiger partial charge in [0.15, 0.2) is 5.65 Å². The van der Waals surface area contributed by atoms with Gasteiger partial charge in [-0.1, -0.05) is 11.6 Å². The highest BCUT2D eigenvalue weighted by Gasteiger charge is 2.35. The minimum Gasteiger partial charge on any atom is -0.496 e. The Labute approximate surface area is 169 Å². The number of carbonyl (C=O) groups excluding carboxylic acids is 1. The smallest absolute Gasteiger partial charge is 0.252 e. The van der Waals surface area contributed by atoms with Crippen LogP contribution in [0, 0.1) is 5.82 Å². The summed E-state index contributed by atoms with van der Waals surface area (Å²) < 4.78 is 21.1. The van der Waals surface area contributed by atoms with Gasteiger partial charge in [0.05, 0.1) is 13.2 Å². The molecule has 1 atom stereocenters. The fraction of sp³-hybridized carbons (Fsp3) is 0.0952. The van der Waals surface area contributed by atoms with Crippen LogP contribution >= 0.6 is 11.6 Å². The first-order valence-corrected chi connectivity index (χ1v) is 9.20. The Balaban J connectivity index is 1.68. The van der Waals surface area contributed by atoms with E-state index in [0.29, 0.717) is 27.5 Å². The zero-order valence-electron chi connectivity index (χ0n) is 15.2. The summed E-state index contributed by atoms with van der Waals surface area (Å²) in [4.78, 5) is 16.9. The van der Waals surface area contributed by atoms with E-state index in [9.17, 15) is 9.18 Å². The number of benzene rings is 2. The van der Waals surface area contributed by atoms with Crippen molar-refractivity contribution < 1.29 is 13.9 Å². The first-order valence-electron chi connectivity index (χ1n) is 8.82. The third-order valence-electron chi connectivity index (χ3n) is 5.05. The van der Waals surface area contributed by atoms with Crippen LogP contribution in [-0.2, 0) is 0 Å². The molecule has 5 rings (SSSR count). The topological polar surface area (TPSA) is 68.5 Å². The van der Waals surface area contributed by atoms with Crippen molar-refractivity contribution in [3.8, 4) is 16.9 Å². The lowest BCUT2D eigenvalue weighted by Crippen LogP contribution is -2.20. The van der Waals surface area contributed by atoms with Crippen LogP contribution in [0.15, 0.2) is 55.0 Å². The van der Waals surface area contributed by atoms with E-state index < -0.39 is 11.9 Å². The van der Waals surface area contributed by atoms with Gasteiger partial charge in [0.2, 0.25) is 0 Å². The van der Waals surface area contributed by atoms with E-state index in [1.807, 2.05) is 24.4 Å². The molecule has 1 N–H and O–H groups in total. The molecular formula is C21H14ClFN4O2. The number of carbonyl (C=O) groups is 1. The van der Waals surface area contributed by atoms with E-state index in [4.69, 9.17) is 16.3 Å². The van der Waals surface area contributed by atoms with Gasteiger partial charge in [-0.05, 0) is 48.0 Å². The summed E-state index contributed by atoms with van der Waals surface area (Å²) in [5.41, 5.74) is 3.94. The summed E-state index contributed by atoms with van der Waals surface area (Å²) in [5, 5.41) is 7.40. The van der Waals surface area contributed by atoms with E-state index in [0.717, 1.165) is 16.8 Å². The maximum absolute atomic E-state index is 13.8. The largest absolute Gasteiger partial charge is 0.496 e. The molecule has 1 aliphatic rings. The number of methoxy groups -OCH3 is 1. The predicted octanol–water partition coefficient (Wildman–Crippen LogP) is 4.03. The van der Waals surface area contributed by atoms with Crippen LogP contribution in [0.5, 0.6) is 5.75 Å². The quantitative estimate of drug-likeness (QED) is 0.555. The van der Waals surface area contributed by atoms with Gasteiger partial charge in [-0.2, -0.15) is 5.10 Å². The molecule has 1 amide bonds. The number of rotatable bonds is 3. The fourth-order valence-electron chi connectivity index (χ4n) is 3.69. The predicted molar refractivity (Wildman–Crippen MR) is 106 cm³/mol. The molecule has 3 heterocycles. The van der Waals surface area contributed by atoms with Crippen molar-refractivity contribution in [2.45, 2.75) is 6.04 Å². The SMILES string of the molecule is COc1cc(-c2ccc3ncnn3c2)cc2c1C(c1cc(F)ccc1Cl)NC2=O. The van der Waals surface area contributed by atoms with Gasteiger partial charge in [-0.15, -0.1) is 0 Å². The third-order valence-corrected chi connectivity index (χ3v) is 5.39. The molecule has 144 valence electrons. The number of aromatic nitrogens is 3. The number of pyridine rings is 1. The molecule has 29 heavy (non-hydrogen) atoms. The molecule has 0 aliphatic carbocycles. The van der Waals surface area contributed by atoms with E-state index >= 15 is 0 Å². The highest BCUT2D eigenvalue weighted by Crippen LogP contribution is 2.42. The molecule has 0 saturated heterocycles. The van der Waals surface area contributed by atoms with Crippen molar-refractivity contribution in [1.82, 2.24) is 19.9 Å². The van der Waals surface area contributed by atoms with Crippen molar-refractivity contribution in [2.75, 3.05) is 7.11 Å². The van der Waals surface area contributed by atoms with Gasteiger partial charge in [-0.25, -0.2) is 13.9 Å². The zero-order valence-corrected chi connectivity index (χ0v) is 15.9. The minimum atomic E-state index is -0.595. The van der Waals surface area contributed by atoms with Crippen molar-refractivity contribution >= 4 is 23.2 Å². The molecular weight excluding hydrogens is 395 g/mol. The summed E-state index contributed by atoms with van der Waals surface area (Å²) in [6.45, 7) is 0. The molecule has 0 radical (unpaired) electrons. The van der Waals surface area contributed by atoms with Gasteiger partial charge in [0.25, 0.3) is 5.91 Å². The molecule has 0 bridgehead atoms. The third kappa shape index (κ3) is 2.82. The Kier molecular flexibility index (Phi) is 3.99. The van der Waals surface area contributed by atoms with Crippen LogP contribution in [-0.4, -0.2) is 27.6 Å². The lowest BCUT2D eigenvalue weighted by Gasteiger charge is -2.17. The van der Waals surface area contributed by atoms with Crippen LogP contribution in [0.25, 0.3) is 16.8 Å². The first-order chi connectivity index (χ1) is 14.0. The van der Waals surface area contributed by atoms with Crippen LogP contribution in [0.2, 0.25) is 5.02 Å². The molecule has 4 aromatic rings. The minimum absolute atomic E-state index is 0.271. The Bertz CT molecular complexity index is 1290. The second-order valence-electron chi connectivity index (χ2n) is 6.69. The molecule has 1 unspecified atom stereocenters. The second kappa shape index (κ2) is 6.56. The summed E-state index contributed by atoms with van der Waals surface area (Å²) >= 11 is 6.28. The standard InChI is InChI=1S/C21H14ClFN4O2/c1-29-17-7-12(11-2-5-18-24-10-25-27(18)9-11)6-15-19(17)20(26-21(15)28)14-8-13(23)3-4-16(14)22/h2-10,20H,1H3,(H,26,28). The number of nitrogens with one attached hydrogen (secondary N) is 1. The van der Waals surface area contributed by atoms with E-state index in [1.54, 1.807) is 10.6 Å². The Hall–Kier alpha value is -3.45. The number of halogens is 2. The maximum Gasteiger partial charge on any atom is 0.252 e. The van der Waals surface area contributed by atoms with Gasteiger partial charge in [0, 0.05) is 33.5 Å². The maximum atomic E-state index is 13.8. The molecule has 2 aromatic carbocycles. The number of amides is 1. The summed E-state index contributed by atoms with van der Waals surface area (Å²) in [6, 6.07) is 10.9. The summed E-state index contributed by atoms with van der Waals surface area (Å²) in [5.74, 6) is -0.184. The fourth-order valence-corrected chi connectivity index (χ4v) is 3.91. The highest BCUT2D eigenvalue weighted by molar-refractivity contribution is 6.31. The average Bonchev–Trinajstić information content (AvgIpc) is 3.33. The average molecular weight is 409 g/mol. The van der Waals surface area contributed by atoms with Crippen LogP contribution in [0.1, 0.15) is 27.5 Å². The van der Waals surface area contributed by atoms with E-state index in [1.165, 1.54) is 31.6 Å². The van der Waals surface area contributed by atoms with Crippen LogP contribution in [0.4, 0.5) is 4.39 Å².